The fraction of sp³-hybridized carbons (Fsp3) is 0.667. The zero-order valence-corrected chi connectivity index (χ0v) is 15.9. The average Bonchev–Trinajstić information content (AvgIpc) is 2.60. The van der Waals surface area contributed by atoms with Gasteiger partial charge in [0.1, 0.15) is 0 Å². The van der Waals surface area contributed by atoms with Gasteiger partial charge in [-0.1, -0.05) is 32.9 Å². The summed E-state index contributed by atoms with van der Waals surface area (Å²) in [7, 11) is 0. The van der Waals surface area contributed by atoms with Crippen molar-refractivity contribution >= 4 is 11.6 Å². The fourth-order valence-electron chi connectivity index (χ4n) is 4.17. The third kappa shape index (κ3) is 4.24. The number of carbonyl (C=O) groups excluding carboxylic acids is 1. The number of rotatable bonds is 4. The molecular formula is C21H32N2O2. The number of hydrogen-bond acceptors (Lipinski definition) is 3. The maximum absolute atomic E-state index is 12.4. The Hall–Kier alpha value is -1.39. The Labute approximate surface area is 151 Å². The van der Waals surface area contributed by atoms with Gasteiger partial charge < -0.3 is 14.9 Å². The van der Waals surface area contributed by atoms with Crippen LogP contribution in [0.15, 0.2) is 18.2 Å². The van der Waals surface area contributed by atoms with Crippen LogP contribution in [0.1, 0.15) is 57.3 Å². The third-order valence-electron chi connectivity index (χ3n) is 5.54. The molecule has 0 aromatic heterocycles. The molecule has 4 nitrogen and oxygen atoms in total. The van der Waals surface area contributed by atoms with Gasteiger partial charge in [-0.15, -0.1) is 0 Å². The van der Waals surface area contributed by atoms with E-state index in [2.05, 4.69) is 17.9 Å². The molecule has 1 N–H and O–H groups in total. The van der Waals surface area contributed by atoms with E-state index in [-0.39, 0.29) is 11.8 Å². The molecule has 0 spiro atoms. The maximum atomic E-state index is 12.4. The lowest BCUT2D eigenvalue weighted by atomic mass is 9.95. The SMILES string of the molecule is CC1CCCN(CC(O)c2ccc3c(c2)CCCN3C(=O)C(C)C)C1. The topological polar surface area (TPSA) is 43.8 Å². The molecule has 2 aliphatic rings. The molecule has 2 heterocycles. The van der Waals surface area contributed by atoms with E-state index < -0.39 is 6.10 Å². The molecule has 1 amide bonds. The molecule has 2 atom stereocenters. The summed E-state index contributed by atoms with van der Waals surface area (Å²) in [6, 6.07) is 6.15. The van der Waals surface area contributed by atoms with E-state index >= 15 is 0 Å². The van der Waals surface area contributed by atoms with Crippen molar-refractivity contribution in [3.63, 3.8) is 0 Å². The van der Waals surface area contributed by atoms with Crippen LogP contribution in [0.5, 0.6) is 0 Å². The summed E-state index contributed by atoms with van der Waals surface area (Å²) in [5.74, 6) is 0.925. The smallest absolute Gasteiger partial charge is 0.229 e. The number of hydrogen-bond donors (Lipinski definition) is 1. The van der Waals surface area contributed by atoms with Gasteiger partial charge in [-0.2, -0.15) is 0 Å². The molecule has 4 heteroatoms. The van der Waals surface area contributed by atoms with E-state index in [0.717, 1.165) is 49.6 Å². The van der Waals surface area contributed by atoms with Crippen LogP contribution in [0.3, 0.4) is 0 Å². The molecule has 0 radical (unpaired) electrons. The first kappa shape index (κ1) is 18.4. The fourth-order valence-corrected chi connectivity index (χ4v) is 4.17. The molecule has 1 saturated heterocycles. The highest BCUT2D eigenvalue weighted by atomic mass is 16.3. The van der Waals surface area contributed by atoms with E-state index in [9.17, 15) is 9.90 Å². The van der Waals surface area contributed by atoms with E-state index in [1.54, 1.807) is 0 Å². The summed E-state index contributed by atoms with van der Waals surface area (Å²) < 4.78 is 0. The standard InChI is InChI=1S/C21H32N2O2/c1-15(2)21(25)23-11-5-7-17-12-18(8-9-19(17)23)20(24)14-22-10-4-6-16(3)13-22/h8-9,12,15-16,20,24H,4-7,10-11,13-14H2,1-3H3. The summed E-state index contributed by atoms with van der Waals surface area (Å²) in [5.41, 5.74) is 3.21. The predicted octanol–water partition coefficient (Wildman–Crippen LogP) is 3.39. The Morgan fingerprint density at radius 2 is 2.08 bits per heavy atom. The summed E-state index contributed by atoms with van der Waals surface area (Å²) >= 11 is 0. The number of amides is 1. The van der Waals surface area contributed by atoms with Crippen molar-refractivity contribution in [2.45, 2.75) is 52.6 Å². The molecule has 1 fully saturated rings. The van der Waals surface area contributed by atoms with Gasteiger partial charge in [0.15, 0.2) is 0 Å². The number of likely N-dealkylation sites (tertiary alicyclic amines) is 1. The first-order valence-electron chi connectivity index (χ1n) is 9.80. The molecule has 3 rings (SSSR count). The van der Waals surface area contributed by atoms with Crippen LogP contribution in [0.25, 0.3) is 0 Å². The van der Waals surface area contributed by atoms with E-state index in [4.69, 9.17) is 0 Å². The van der Waals surface area contributed by atoms with Crippen molar-refractivity contribution in [2.24, 2.45) is 11.8 Å². The Bertz CT molecular complexity index is 614. The summed E-state index contributed by atoms with van der Waals surface area (Å²) in [6.07, 6.45) is 4.05. The van der Waals surface area contributed by atoms with Crippen molar-refractivity contribution in [3.8, 4) is 0 Å². The molecule has 2 unspecified atom stereocenters. The molecule has 138 valence electrons. The number of β-amino-alcohol motifs (C(OH)–C–C–N with tert-alkyl or cyclic N) is 1. The number of anilines is 1. The number of carbonyl (C=O) groups is 1. The largest absolute Gasteiger partial charge is 0.387 e. The summed E-state index contributed by atoms with van der Waals surface area (Å²) in [4.78, 5) is 16.7. The van der Waals surface area contributed by atoms with Gasteiger partial charge in [0.25, 0.3) is 0 Å². The van der Waals surface area contributed by atoms with E-state index in [1.807, 2.05) is 30.9 Å². The van der Waals surface area contributed by atoms with Crippen molar-refractivity contribution in [1.29, 1.82) is 0 Å². The summed E-state index contributed by atoms with van der Waals surface area (Å²) in [6.45, 7) is 9.87. The first-order chi connectivity index (χ1) is 12.0. The Balaban J connectivity index is 1.73. The predicted molar refractivity (Wildman–Crippen MR) is 102 cm³/mol. The molecule has 0 saturated carbocycles. The van der Waals surface area contributed by atoms with Gasteiger partial charge in [0, 0.05) is 31.2 Å². The second-order valence-corrected chi connectivity index (χ2v) is 8.16. The number of aliphatic hydroxyl groups is 1. The van der Waals surface area contributed by atoms with Gasteiger partial charge in [-0.05, 0) is 55.3 Å². The minimum absolute atomic E-state index is 0.0114. The minimum Gasteiger partial charge on any atom is -0.387 e. The van der Waals surface area contributed by atoms with Gasteiger partial charge >= 0.3 is 0 Å². The highest BCUT2D eigenvalue weighted by Gasteiger charge is 2.26. The van der Waals surface area contributed by atoms with Crippen LogP contribution < -0.4 is 4.90 Å². The monoisotopic (exact) mass is 344 g/mol. The number of aliphatic hydroxyl groups excluding tert-OH is 1. The molecular weight excluding hydrogens is 312 g/mol. The highest BCUT2D eigenvalue weighted by molar-refractivity contribution is 5.95. The normalized spacial score (nSPS) is 22.8. The Kier molecular flexibility index (Phi) is 5.80. The molecule has 1 aromatic carbocycles. The second kappa shape index (κ2) is 7.88. The van der Waals surface area contributed by atoms with E-state index in [1.165, 1.54) is 18.4 Å². The van der Waals surface area contributed by atoms with Crippen LogP contribution in [-0.2, 0) is 11.2 Å². The average molecular weight is 344 g/mol. The zero-order valence-electron chi connectivity index (χ0n) is 15.9. The van der Waals surface area contributed by atoms with Gasteiger partial charge in [-0.25, -0.2) is 0 Å². The first-order valence-corrected chi connectivity index (χ1v) is 9.80. The number of piperidine rings is 1. The number of fused-ring (bicyclic) bond motifs is 1. The lowest BCUT2D eigenvalue weighted by molar-refractivity contribution is -0.121. The van der Waals surface area contributed by atoms with Crippen LogP contribution in [0, 0.1) is 11.8 Å². The van der Waals surface area contributed by atoms with Crippen LogP contribution >= 0.6 is 0 Å². The second-order valence-electron chi connectivity index (χ2n) is 8.16. The van der Waals surface area contributed by atoms with Crippen LogP contribution in [0.4, 0.5) is 5.69 Å². The lowest BCUT2D eigenvalue weighted by Crippen LogP contribution is -2.38. The molecule has 2 aliphatic heterocycles. The number of nitrogens with zero attached hydrogens (tertiary/aromatic N) is 2. The Morgan fingerprint density at radius 1 is 1.28 bits per heavy atom. The molecule has 25 heavy (non-hydrogen) atoms. The van der Waals surface area contributed by atoms with Gasteiger partial charge in [0.05, 0.1) is 6.10 Å². The van der Waals surface area contributed by atoms with Gasteiger partial charge in [-0.3, -0.25) is 4.79 Å². The van der Waals surface area contributed by atoms with Crippen LogP contribution in [-0.4, -0.2) is 42.1 Å². The van der Waals surface area contributed by atoms with E-state index in [0.29, 0.717) is 6.54 Å². The number of aryl methyl sites for hydroxylation is 1. The lowest BCUT2D eigenvalue weighted by Gasteiger charge is -2.33. The molecule has 1 aromatic rings. The zero-order chi connectivity index (χ0) is 18.0. The van der Waals surface area contributed by atoms with Crippen LogP contribution in [0.2, 0.25) is 0 Å². The van der Waals surface area contributed by atoms with Crippen molar-refractivity contribution < 1.29 is 9.90 Å². The van der Waals surface area contributed by atoms with Crippen molar-refractivity contribution in [3.05, 3.63) is 29.3 Å². The van der Waals surface area contributed by atoms with Crippen molar-refractivity contribution in [2.75, 3.05) is 31.1 Å². The molecule has 0 aliphatic carbocycles. The summed E-state index contributed by atoms with van der Waals surface area (Å²) in [5, 5.41) is 10.7. The maximum Gasteiger partial charge on any atom is 0.229 e. The third-order valence-corrected chi connectivity index (χ3v) is 5.54. The number of benzene rings is 1. The van der Waals surface area contributed by atoms with Crippen molar-refractivity contribution in [1.82, 2.24) is 4.90 Å². The molecule has 0 bridgehead atoms. The van der Waals surface area contributed by atoms with Gasteiger partial charge in [0.2, 0.25) is 5.91 Å². The minimum atomic E-state index is -0.452. The Morgan fingerprint density at radius 3 is 2.80 bits per heavy atom. The quantitative estimate of drug-likeness (QED) is 0.910. The highest BCUT2D eigenvalue weighted by Crippen LogP contribution is 2.31.